The Kier molecular flexibility index (Phi) is 3.38. The van der Waals surface area contributed by atoms with Gasteiger partial charge in [-0.1, -0.05) is 30.8 Å². The highest BCUT2D eigenvalue weighted by molar-refractivity contribution is 8.13. The van der Waals surface area contributed by atoms with Crippen molar-refractivity contribution in [1.29, 1.82) is 0 Å². The van der Waals surface area contributed by atoms with Gasteiger partial charge >= 0.3 is 0 Å². The molecule has 0 atom stereocenters. The van der Waals surface area contributed by atoms with E-state index in [0.29, 0.717) is 6.42 Å². The minimum atomic E-state index is 0.205. The molecule has 0 aliphatic rings. The van der Waals surface area contributed by atoms with Crippen LogP contribution in [-0.2, 0) is 11.2 Å². The minimum Gasteiger partial charge on any atom is -0.287 e. The molecule has 0 unspecified atom stereocenters. The van der Waals surface area contributed by atoms with Crippen molar-refractivity contribution in [3.8, 4) is 0 Å². The van der Waals surface area contributed by atoms with E-state index in [9.17, 15) is 4.79 Å². The van der Waals surface area contributed by atoms with E-state index in [0.717, 1.165) is 21.0 Å². The Bertz CT molecular complexity index is 445. The number of nitrogens with zero attached hydrogens (tertiary/aromatic N) is 1. The van der Waals surface area contributed by atoms with Gasteiger partial charge in [0.25, 0.3) is 0 Å². The van der Waals surface area contributed by atoms with E-state index in [1.165, 1.54) is 11.8 Å². The monoisotopic (exact) mass is 237 g/mol. The first-order valence-corrected chi connectivity index (χ1v) is 6.60. The maximum absolute atomic E-state index is 11.4. The van der Waals surface area contributed by atoms with Crippen LogP contribution in [-0.4, -0.2) is 15.9 Å². The summed E-state index contributed by atoms with van der Waals surface area (Å²) < 4.78 is 1.15. The summed E-state index contributed by atoms with van der Waals surface area (Å²) in [5.74, 6) is 0.837. The van der Waals surface area contributed by atoms with Gasteiger partial charge in [-0.05, 0) is 17.9 Å². The summed E-state index contributed by atoms with van der Waals surface area (Å²) in [5.41, 5.74) is 0.992. The highest BCUT2D eigenvalue weighted by atomic mass is 32.2. The smallest absolute Gasteiger partial charge is 0.195 e. The van der Waals surface area contributed by atoms with E-state index in [-0.39, 0.29) is 5.12 Å². The van der Waals surface area contributed by atoms with Crippen molar-refractivity contribution in [2.45, 2.75) is 13.3 Å². The first-order valence-electron chi connectivity index (χ1n) is 4.79. The first-order chi connectivity index (χ1) is 7.29. The van der Waals surface area contributed by atoms with E-state index in [1.807, 2.05) is 31.2 Å². The molecule has 0 amide bonds. The number of thiazole rings is 1. The van der Waals surface area contributed by atoms with Crippen LogP contribution in [0.2, 0.25) is 0 Å². The maximum Gasteiger partial charge on any atom is 0.195 e. The van der Waals surface area contributed by atoms with Gasteiger partial charge in [0.15, 0.2) is 5.12 Å². The SMILES string of the molecule is CCSC(=O)Cc1nc2ccccc2s1. The molecule has 0 radical (unpaired) electrons. The number of hydrogen-bond donors (Lipinski definition) is 0. The molecule has 0 saturated heterocycles. The van der Waals surface area contributed by atoms with Gasteiger partial charge in [0, 0.05) is 0 Å². The third-order valence-corrected chi connectivity index (χ3v) is 3.73. The average Bonchev–Trinajstić information content (AvgIpc) is 2.59. The Labute approximate surface area is 96.7 Å². The lowest BCUT2D eigenvalue weighted by molar-refractivity contribution is -0.110. The van der Waals surface area contributed by atoms with Crippen molar-refractivity contribution in [1.82, 2.24) is 4.98 Å². The van der Waals surface area contributed by atoms with Crippen molar-refractivity contribution in [3.63, 3.8) is 0 Å². The van der Waals surface area contributed by atoms with Gasteiger partial charge in [-0.2, -0.15) is 0 Å². The Morgan fingerprint density at radius 1 is 1.47 bits per heavy atom. The number of rotatable bonds is 3. The van der Waals surface area contributed by atoms with Gasteiger partial charge in [0.2, 0.25) is 0 Å². The number of fused-ring (bicyclic) bond motifs is 1. The van der Waals surface area contributed by atoms with E-state index in [4.69, 9.17) is 0 Å². The lowest BCUT2D eigenvalue weighted by Crippen LogP contribution is -1.96. The Morgan fingerprint density at radius 3 is 3.00 bits per heavy atom. The standard InChI is InChI=1S/C11H11NOS2/c1-2-14-11(13)7-10-12-8-5-3-4-6-9(8)15-10/h3-6H,2,7H2,1H3. The molecule has 2 rings (SSSR count). The van der Waals surface area contributed by atoms with Crippen molar-refractivity contribution >= 4 is 38.4 Å². The van der Waals surface area contributed by atoms with E-state index >= 15 is 0 Å². The molecule has 0 fully saturated rings. The fourth-order valence-electron chi connectivity index (χ4n) is 1.33. The zero-order valence-corrected chi connectivity index (χ0v) is 10.0. The number of para-hydroxylation sites is 1. The topological polar surface area (TPSA) is 30.0 Å². The third-order valence-electron chi connectivity index (χ3n) is 1.94. The molecule has 15 heavy (non-hydrogen) atoms. The average molecular weight is 237 g/mol. The largest absolute Gasteiger partial charge is 0.287 e. The molecule has 4 heteroatoms. The molecular formula is C11H11NOS2. The predicted molar refractivity (Wildman–Crippen MR) is 66.5 cm³/mol. The summed E-state index contributed by atoms with van der Waals surface area (Å²) in [6.45, 7) is 1.99. The molecule has 0 N–H and O–H groups in total. The van der Waals surface area contributed by atoms with Crippen molar-refractivity contribution < 1.29 is 4.79 Å². The fourth-order valence-corrected chi connectivity index (χ4v) is 2.95. The first kappa shape index (κ1) is 10.6. The van der Waals surface area contributed by atoms with Crippen LogP contribution in [0.5, 0.6) is 0 Å². The lowest BCUT2D eigenvalue weighted by atomic mass is 10.3. The Balaban J connectivity index is 2.18. The van der Waals surface area contributed by atoms with E-state index in [1.54, 1.807) is 11.3 Å². The molecule has 0 spiro atoms. The zero-order chi connectivity index (χ0) is 10.7. The Hall–Kier alpha value is -0.870. The molecule has 0 aliphatic carbocycles. The van der Waals surface area contributed by atoms with Gasteiger partial charge in [-0.3, -0.25) is 4.79 Å². The van der Waals surface area contributed by atoms with Crippen LogP contribution in [0.15, 0.2) is 24.3 Å². The van der Waals surface area contributed by atoms with E-state index in [2.05, 4.69) is 4.98 Å². The zero-order valence-electron chi connectivity index (χ0n) is 8.40. The number of thioether (sulfide) groups is 1. The molecular weight excluding hydrogens is 226 g/mol. The number of carbonyl (C=O) groups excluding carboxylic acids is 1. The lowest BCUT2D eigenvalue weighted by Gasteiger charge is -1.92. The van der Waals surface area contributed by atoms with Gasteiger partial charge in [0.1, 0.15) is 5.01 Å². The molecule has 2 nitrogen and oxygen atoms in total. The summed E-state index contributed by atoms with van der Waals surface area (Å²) in [4.78, 5) is 15.8. The quantitative estimate of drug-likeness (QED) is 0.821. The second-order valence-corrected chi connectivity index (χ2v) is 5.49. The van der Waals surface area contributed by atoms with Crippen LogP contribution in [0.3, 0.4) is 0 Å². The molecule has 78 valence electrons. The molecule has 1 heterocycles. The number of aromatic nitrogens is 1. The van der Waals surface area contributed by atoms with Gasteiger partial charge in [-0.25, -0.2) is 4.98 Å². The molecule has 0 bridgehead atoms. The molecule has 0 saturated carbocycles. The van der Waals surface area contributed by atoms with Crippen LogP contribution in [0, 0.1) is 0 Å². The van der Waals surface area contributed by atoms with Crippen molar-refractivity contribution in [3.05, 3.63) is 29.3 Å². The third kappa shape index (κ3) is 2.58. The maximum atomic E-state index is 11.4. The van der Waals surface area contributed by atoms with Crippen LogP contribution >= 0.6 is 23.1 Å². The number of carbonyl (C=O) groups is 1. The summed E-state index contributed by atoms with van der Waals surface area (Å²) >= 11 is 2.97. The molecule has 2 aromatic rings. The van der Waals surface area contributed by atoms with E-state index < -0.39 is 0 Å². The van der Waals surface area contributed by atoms with Gasteiger partial charge in [0.05, 0.1) is 16.6 Å². The highest BCUT2D eigenvalue weighted by Gasteiger charge is 2.08. The molecule has 1 aromatic carbocycles. The second-order valence-electron chi connectivity index (χ2n) is 3.06. The Morgan fingerprint density at radius 2 is 2.27 bits per heavy atom. The second kappa shape index (κ2) is 4.77. The fraction of sp³-hybridized carbons (Fsp3) is 0.273. The number of benzene rings is 1. The van der Waals surface area contributed by atoms with Gasteiger partial charge < -0.3 is 0 Å². The predicted octanol–water partition coefficient (Wildman–Crippen LogP) is 3.12. The molecule has 0 aliphatic heterocycles. The number of hydrogen-bond acceptors (Lipinski definition) is 4. The minimum absolute atomic E-state index is 0.205. The summed E-state index contributed by atoms with van der Waals surface area (Å²) in [6.07, 6.45) is 0.456. The normalized spacial score (nSPS) is 10.7. The van der Waals surface area contributed by atoms with Crippen LogP contribution in [0.1, 0.15) is 11.9 Å². The summed E-state index contributed by atoms with van der Waals surface area (Å²) in [6, 6.07) is 7.97. The highest BCUT2D eigenvalue weighted by Crippen LogP contribution is 2.22. The van der Waals surface area contributed by atoms with Crippen molar-refractivity contribution in [2.24, 2.45) is 0 Å². The van der Waals surface area contributed by atoms with Crippen LogP contribution < -0.4 is 0 Å². The van der Waals surface area contributed by atoms with Crippen molar-refractivity contribution in [2.75, 3.05) is 5.75 Å². The summed E-state index contributed by atoms with van der Waals surface area (Å²) in [7, 11) is 0. The van der Waals surface area contributed by atoms with Crippen LogP contribution in [0.25, 0.3) is 10.2 Å². The molecule has 1 aromatic heterocycles. The van der Waals surface area contributed by atoms with Crippen LogP contribution in [0.4, 0.5) is 0 Å². The van der Waals surface area contributed by atoms with Gasteiger partial charge in [-0.15, -0.1) is 11.3 Å². The summed E-state index contributed by atoms with van der Waals surface area (Å²) in [5, 5.41) is 1.12.